The maximum absolute atomic E-state index is 11.5. The van der Waals surface area contributed by atoms with Crippen LogP contribution in [0.3, 0.4) is 0 Å². The second-order valence-electron chi connectivity index (χ2n) is 8.67. The summed E-state index contributed by atoms with van der Waals surface area (Å²) < 4.78 is 76.7. The molecule has 0 saturated heterocycles. The van der Waals surface area contributed by atoms with Gasteiger partial charge in [0.25, 0.3) is 5.01 Å². The van der Waals surface area contributed by atoms with Crippen molar-refractivity contribution >= 4 is 76.1 Å². The molecule has 0 fully saturated rings. The Morgan fingerprint density at radius 2 is 1.76 bits per heavy atom. The molecule has 0 bridgehead atoms. The molecule has 0 unspecified atom stereocenters. The second-order valence-corrected chi connectivity index (χ2v) is 13.8. The molecular formula is C25H23N2O7S4-. The third-order valence-corrected chi connectivity index (χ3v) is 9.82. The molecule has 38 heavy (non-hydrogen) atoms. The first-order valence-corrected chi connectivity index (χ1v) is 16.4. The number of ether oxygens (including phenoxy) is 1. The largest absolute Gasteiger partial charge is 0.748 e. The van der Waals surface area contributed by atoms with E-state index in [1.54, 1.807) is 18.1 Å². The van der Waals surface area contributed by atoms with Crippen molar-refractivity contribution in [2.75, 3.05) is 30.1 Å². The van der Waals surface area contributed by atoms with Crippen molar-refractivity contribution in [3.63, 3.8) is 0 Å². The predicted octanol–water partition coefficient (Wildman–Crippen LogP) is 3.74. The highest BCUT2D eigenvalue weighted by Gasteiger charge is 2.29. The molecule has 1 aliphatic heterocycles. The molecule has 0 amide bonds. The highest BCUT2D eigenvalue weighted by atomic mass is 32.2. The Morgan fingerprint density at radius 1 is 1.00 bits per heavy atom. The smallest absolute Gasteiger partial charge is 0.265 e. The van der Waals surface area contributed by atoms with E-state index >= 15 is 0 Å². The summed E-state index contributed by atoms with van der Waals surface area (Å²) in [5.74, 6) is -0.450. The zero-order valence-electron chi connectivity index (χ0n) is 20.2. The maximum Gasteiger partial charge on any atom is 0.265 e. The number of aryl methyl sites for hydroxylation is 1. The molecule has 0 atom stereocenters. The van der Waals surface area contributed by atoms with Crippen molar-refractivity contribution in [2.45, 2.75) is 17.9 Å². The fourth-order valence-electron chi connectivity index (χ4n) is 4.46. The van der Waals surface area contributed by atoms with Crippen LogP contribution in [0, 0.1) is 0 Å². The number of thioether (sulfide) groups is 1. The number of hydrogen-bond acceptors (Lipinski definition) is 10. The quantitative estimate of drug-likeness (QED) is 0.211. The number of fused-ring (bicyclic) bond motifs is 4. The highest BCUT2D eigenvalue weighted by molar-refractivity contribution is 8.04. The van der Waals surface area contributed by atoms with Gasteiger partial charge in [0.2, 0.25) is 5.52 Å². The fraction of sp³-hybridized carbons (Fsp3) is 0.240. The Kier molecular flexibility index (Phi) is 7.42. The van der Waals surface area contributed by atoms with Crippen LogP contribution in [0.4, 0.5) is 5.69 Å². The lowest BCUT2D eigenvalue weighted by atomic mass is 10.1. The third-order valence-electron chi connectivity index (χ3n) is 6.14. The zero-order chi connectivity index (χ0) is 27.1. The van der Waals surface area contributed by atoms with Crippen molar-refractivity contribution in [2.24, 2.45) is 0 Å². The highest BCUT2D eigenvalue weighted by Crippen LogP contribution is 2.48. The van der Waals surface area contributed by atoms with Gasteiger partial charge in [-0.2, -0.15) is 4.57 Å². The van der Waals surface area contributed by atoms with Gasteiger partial charge < -0.3 is 18.7 Å². The molecule has 200 valence electrons. The molecule has 13 heteroatoms. The summed E-state index contributed by atoms with van der Waals surface area (Å²) in [6, 6.07) is 17.4. The van der Waals surface area contributed by atoms with E-state index in [1.165, 1.54) is 23.1 Å². The summed E-state index contributed by atoms with van der Waals surface area (Å²) in [5.41, 5.74) is 1.67. The van der Waals surface area contributed by atoms with Gasteiger partial charge in [-0.1, -0.05) is 47.4 Å². The van der Waals surface area contributed by atoms with Gasteiger partial charge in [0.15, 0.2) is 6.54 Å². The van der Waals surface area contributed by atoms with E-state index in [4.69, 9.17) is 4.74 Å². The minimum atomic E-state index is -4.45. The number of aromatic nitrogens is 1. The van der Waals surface area contributed by atoms with E-state index in [0.29, 0.717) is 12.3 Å². The lowest BCUT2D eigenvalue weighted by Crippen LogP contribution is -2.36. The molecule has 0 saturated carbocycles. The molecule has 5 rings (SSSR count). The van der Waals surface area contributed by atoms with Gasteiger partial charge in [-0.05, 0) is 29.7 Å². The van der Waals surface area contributed by atoms with Crippen molar-refractivity contribution in [3.8, 4) is 5.75 Å². The van der Waals surface area contributed by atoms with E-state index in [-0.39, 0.29) is 13.0 Å². The van der Waals surface area contributed by atoms with Gasteiger partial charge in [0, 0.05) is 29.7 Å². The van der Waals surface area contributed by atoms with Crippen LogP contribution in [0.15, 0.2) is 64.5 Å². The number of thiazole rings is 1. The van der Waals surface area contributed by atoms with Crippen LogP contribution in [-0.2, 0) is 26.8 Å². The van der Waals surface area contributed by atoms with Crippen LogP contribution in [0.25, 0.3) is 27.1 Å². The van der Waals surface area contributed by atoms with Crippen LogP contribution in [0.5, 0.6) is 5.75 Å². The summed E-state index contributed by atoms with van der Waals surface area (Å²) in [7, 11) is -7.28. The lowest BCUT2D eigenvalue weighted by Gasteiger charge is -2.21. The SMILES string of the molecule is COc1ccc2c(c1)N(CCS(=O)(=O)[O-])/C(=C/c1sc3ccc4ccccc4c3[n+]1CCCS(=O)(=O)[O-])S2. The number of hydrogen-bond donors (Lipinski definition) is 0. The van der Waals surface area contributed by atoms with Gasteiger partial charge in [-0.25, -0.2) is 16.8 Å². The second kappa shape index (κ2) is 10.5. The predicted molar refractivity (Wildman–Crippen MR) is 147 cm³/mol. The first kappa shape index (κ1) is 26.9. The molecular weight excluding hydrogens is 569 g/mol. The van der Waals surface area contributed by atoms with Crippen molar-refractivity contribution in [1.82, 2.24) is 0 Å². The maximum atomic E-state index is 11.5. The Balaban J connectivity index is 1.64. The minimum Gasteiger partial charge on any atom is -0.748 e. The van der Waals surface area contributed by atoms with Gasteiger partial charge >= 0.3 is 0 Å². The van der Waals surface area contributed by atoms with E-state index < -0.39 is 31.7 Å². The molecule has 1 aromatic heterocycles. The summed E-state index contributed by atoms with van der Waals surface area (Å²) in [6.07, 6.45) is 2.06. The van der Waals surface area contributed by atoms with E-state index in [0.717, 1.165) is 41.6 Å². The normalized spacial score (nSPS) is 15.0. The molecule has 2 heterocycles. The Morgan fingerprint density at radius 3 is 2.50 bits per heavy atom. The fourth-order valence-corrected chi connectivity index (χ4v) is 7.67. The molecule has 0 N–H and O–H groups in total. The van der Waals surface area contributed by atoms with Crippen LogP contribution in [0.1, 0.15) is 11.4 Å². The monoisotopic (exact) mass is 591 g/mol. The molecule has 0 radical (unpaired) electrons. The van der Waals surface area contributed by atoms with Gasteiger partial charge in [0.1, 0.15) is 10.4 Å². The number of nitrogens with zero attached hydrogens (tertiary/aromatic N) is 2. The van der Waals surface area contributed by atoms with Gasteiger partial charge in [0.05, 0.1) is 55.3 Å². The third kappa shape index (κ3) is 5.82. The van der Waals surface area contributed by atoms with Gasteiger partial charge in [-0.3, -0.25) is 0 Å². The Hall–Kier alpha value is -2.68. The van der Waals surface area contributed by atoms with Crippen LogP contribution in [-0.4, -0.2) is 51.1 Å². The summed E-state index contributed by atoms with van der Waals surface area (Å²) >= 11 is 2.95. The average molecular weight is 592 g/mol. The van der Waals surface area contributed by atoms with E-state index in [9.17, 15) is 25.9 Å². The van der Waals surface area contributed by atoms with Crippen molar-refractivity contribution in [1.29, 1.82) is 0 Å². The summed E-state index contributed by atoms with van der Waals surface area (Å²) in [6.45, 7) is 0.266. The molecule has 4 aromatic rings. The Labute approximate surface area is 228 Å². The molecule has 3 aromatic carbocycles. The van der Waals surface area contributed by atoms with E-state index in [1.807, 2.05) is 59.2 Å². The van der Waals surface area contributed by atoms with Crippen molar-refractivity contribution < 1.29 is 35.2 Å². The number of rotatable bonds is 9. The van der Waals surface area contributed by atoms with Crippen LogP contribution >= 0.6 is 23.1 Å². The minimum absolute atomic E-state index is 0.0346. The van der Waals surface area contributed by atoms with Crippen molar-refractivity contribution in [3.05, 3.63) is 64.6 Å². The molecule has 9 nitrogen and oxygen atoms in total. The first-order chi connectivity index (χ1) is 18.0. The topological polar surface area (TPSA) is 131 Å². The number of methoxy groups -OCH3 is 1. The van der Waals surface area contributed by atoms with E-state index in [2.05, 4.69) is 0 Å². The summed E-state index contributed by atoms with van der Waals surface area (Å²) in [4.78, 5) is 2.67. The lowest BCUT2D eigenvalue weighted by molar-refractivity contribution is -0.667. The summed E-state index contributed by atoms with van der Waals surface area (Å²) in [5, 5.41) is 3.55. The first-order valence-electron chi connectivity index (χ1n) is 11.6. The molecule has 1 aliphatic rings. The average Bonchev–Trinajstić information content (AvgIpc) is 3.38. The van der Waals surface area contributed by atoms with Crippen LogP contribution in [0.2, 0.25) is 0 Å². The molecule has 0 spiro atoms. The Bertz CT molecular complexity index is 1780. The standard InChI is InChI=1S/C25H24N2O7S4/c1-34-18-8-10-21-20(15-18)26(12-14-38(31,32)33)23(35-21)16-24-27(11-4-13-37(28,29)30)25-19-6-3-2-5-17(19)7-9-22(25)36-24/h2-3,5-10,15-16H,4,11-14H2,1H3,(H-,28,29,30,31,32,33)/p-1. The number of benzene rings is 3. The van der Waals surface area contributed by atoms with Gasteiger partial charge in [-0.15, -0.1) is 0 Å². The zero-order valence-corrected chi connectivity index (χ0v) is 23.5. The number of anilines is 1. The van der Waals surface area contributed by atoms with Crippen LogP contribution < -0.4 is 14.2 Å². The molecule has 0 aliphatic carbocycles.